The third-order valence-corrected chi connectivity index (χ3v) is 5.56. The quantitative estimate of drug-likeness (QED) is 0.782. The highest BCUT2D eigenvalue weighted by molar-refractivity contribution is 5.33. The Bertz CT molecular complexity index is 582. The van der Waals surface area contributed by atoms with Gasteiger partial charge < -0.3 is 9.47 Å². The van der Waals surface area contributed by atoms with Gasteiger partial charge in [0.25, 0.3) is 0 Å². The van der Waals surface area contributed by atoms with E-state index >= 15 is 0 Å². The zero-order valence-corrected chi connectivity index (χ0v) is 14.3. The summed E-state index contributed by atoms with van der Waals surface area (Å²) in [7, 11) is 0. The van der Waals surface area contributed by atoms with Gasteiger partial charge in [-0.3, -0.25) is 0 Å². The van der Waals surface area contributed by atoms with E-state index in [2.05, 4.69) is 6.92 Å². The van der Waals surface area contributed by atoms with Crippen LogP contribution in [0.5, 0.6) is 0 Å². The molecule has 3 rings (SSSR count). The van der Waals surface area contributed by atoms with Gasteiger partial charge in [0.15, 0.2) is 6.29 Å². The van der Waals surface area contributed by atoms with E-state index in [4.69, 9.17) is 14.7 Å². The summed E-state index contributed by atoms with van der Waals surface area (Å²) in [5.74, 6) is 1.54. The summed E-state index contributed by atoms with van der Waals surface area (Å²) in [5.41, 5.74) is 0.702. The van der Waals surface area contributed by atoms with Gasteiger partial charge in [-0.2, -0.15) is 5.26 Å². The van der Waals surface area contributed by atoms with Crippen molar-refractivity contribution in [3.8, 4) is 6.07 Å². The molecule has 0 N–H and O–H groups in total. The van der Waals surface area contributed by atoms with E-state index < -0.39 is 12.1 Å². The molecule has 24 heavy (non-hydrogen) atoms. The first-order valence-electron chi connectivity index (χ1n) is 9.14. The van der Waals surface area contributed by atoms with Gasteiger partial charge in [0.1, 0.15) is 11.9 Å². The lowest BCUT2D eigenvalue weighted by molar-refractivity contribution is -0.214. The highest BCUT2D eigenvalue weighted by Gasteiger charge is 2.32. The Kier molecular flexibility index (Phi) is 5.86. The Morgan fingerprint density at radius 1 is 1.12 bits per heavy atom. The molecule has 130 valence electrons. The smallest absolute Gasteiger partial charge is 0.183 e. The van der Waals surface area contributed by atoms with Gasteiger partial charge >= 0.3 is 0 Å². The van der Waals surface area contributed by atoms with Crippen molar-refractivity contribution in [2.45, 2.75) is 51.7 Å². The van der Waals surface area contributed by atoms with Crippen molar-refractivity contribution in [3.63, 3.8) is 0 Å². The summed E-state index contributed by atoms with van der Waals surface area (Å²) < 4.78 is 25.5. The molecule has 1 saturated heterocycles. The van der Waals surface area contributed by atoms with E-state index in [1.807, 2.05) is 6.07 Å². The van der Waals surface area contributed by atoms with E-state index in [1.54, 1.807) is 6.07 Å². The highest BCUT2D eigenvalue weighted by Crippen LogP contribution is 2.38. The van der Waals surface area contributed by atoms with Crippen LogP contribution in [0.2, 0.25) is 0 Å². The second kappa shape index (κ2) is 8.09. The predicted molar refractivity (Wildman–Crippen MR) is 89.6 cm³/mol. The summed E-state index contributed by atoms with van der Waals surface area (Å²) in [6.07, 6.45) is 7.35. The maximum absolute atomic E-state index is 13.7. The molecule has 4 heteroatoms. The van der Waals surface area contributed by atoms with Gasteiger partial charge in [-0.05, 0) is 36.8 Å². The van der Waals surface area contributed by atoms with Gasteiger partial charge in [0.05, 0.1) is 18.8 Å². The first-order chi connectivity index (χ1) is 11.7. The molecule has 1 aromatic carbocycles. The van der Waals surface area contributed by atoms with Crippen molar-refractivity contribution < 1.29 is 13.9 Å². The molecule has 1 aliphatic heterocycles. The molecule has 3 nitrogen and oxygen atoms in total. The third-order valence-electron chi connectivity index (χ3n) is 5.56. The van der Waals surface area contributed by atoms with Crippen molar-refractivity contribution in [1.29, 1.82) is 5.26 Å². The lowest BCUT2D eigenvalue weighted by atomic mass is 9.75. The summed E-state index contributed by atoms with van der Waals surface area (Å²) in [6.45, 7) is 3.62. The molecule has 0 bridgehead atoms. The molecule has 1 aliphatic carbocycles. The standard InChI is InChI=1S/C20H26FNO2/c1-2-3-14-4-6-15(7-5-14)18-12-23-20(24-13-18)16-8-9-17(11-22)19(21)10-16/h8-10,14-15,18,20H,2-7,12-13H2,1H3/t14?,15?,18-,20-. The number of rotatable bonds is 4. The molecule has 0 radical (unpaired) electrons. The van der Waals surface area contributed by atoms with Gasteiger partial charge in [0, 0.05) is 11.5 Å². The van der Waals surface area contributed by atoms with Crippen LogP contribution in [0.1, 0.15) is 62.9 Å². The van der Waals surface area contributed by atoms with E-state index in [0.717, 1.165) is 5.92 Å². The van der Waals surface area contributed by atoms with Crippen LogP contribution in [-0.2, 0) is 9.47 Å². The lowest BCUT2D eigenvalue weighted by Crippen LogP contribution is -2.34. The summed E-state index contributed by atoms with van der Waals surface area (Å²) >= 11 is 0. The van der Waals surface area contributed by atoms with Crippen molar-refractivity contribution in [2.24, 2.45) is 17.8 Å². The fraction of sp³-hybridized carbons (Fsp3) is 0.650. The lowest BCUT2D eigenvalue weighted by Gasteiger charge is -2.37. The SMILES string of the molecule is CCCC1CCC([C@H]2CO[C@H](c3ccc(C#N)c(F)c3)OC2)CC1. The number of benzene rings is 1. The van der Waals surface area contributed by atoms with Gasteiger partial charge in [-0.15, -0.1) is 0 Å². The van der Waals surface area contributed by atoms with Crippen LogP contribution >= 0.6 is 0 Å². The third kappa shape index (κ3) is 3.96. The number of ether oxygens (including phenoxy) is 2. The van der Waals surface area contributed by atoms with Crippen molar-refractivity contribution >= 4 is 0 Å². The molecule has 1 saturated carbocycles. The molecule has 2 aliphatic rings. The van der Waals surface area contributed by atoms with Crippen LogP contribution in [0.4, 0.5) is 4.39 Å². The average molecular weight is 331 g/mol. The van der Waals surface area contributed by atoms with E-state index in [-0.39, 0.29) is 5.56 Å². The molecule has 0 spiro atoms. The van der Waals surface area contributed by atoms with Crippen molar-refractivity contribution in [2.75, 3.05) is 13.2 Å². The molecule has 0 atom stereocenters. The molecule has 0 unspecified atom stereocenters. The number of nitrogens with zero attached hydrogens (tertiary/aromatic N) is 1. The zero-order chi connectivity index (χ0) is 16.9. The van der Waals surface area contributed by atoms with Gasteiger partial charge in [-0.1, -0.05) is 38.7 Å². The molecule has 1 aromatic rings. The van der Waals surface area contributed by atoms with Crippen LogP contribution in [-0.4, -0.2) is 13.2 Å². The Morgan fingerprint density at radius 2 is 1.83 bits per heavy atom. The van der Waals surface area contributed by atoms with Gasteiger partial charge in [-0.25, -0.2) is 4.39 Å². The zero-order valence-electron chi connectivity index (χ0n) is 14.3. The van der Waals surface area contributed by atoms with Crippen LogP contribution in [0.15, 0.2) is 18.2 Å². The number of halogens is 1. The van der Waals surface area contributed by atoms with E-state index in [1.165, 1.54) is 50.7 Å². The Hall–Kier alpha value is -1.44. The van der Waals surface area contributed by atoms with Gasteiger partial charge in [0.2, 0.25) is 0 Å². The number of hydrogen-bond donors (Lipinski definition) is 0. The first kappa shape index (κ1) is 17.4. The Labute approximate surface area is 143 Å². The minimum absolute atomic E-state index is 0.0521. The maximum Gasteiger partial charge on any atom is 0.183 e. The van der Waals surface area contributed by atoms with Crippen LogP contribution in [0.3, 0.4) is 0 Å². The fourth-order valence-electron chi connectivity index (χ4n) is 4.11. The Balaban J connectivity index is 1.51. The van der Waals surface area contributed by atoms with Crippen LogP contribution < -0.4 is 0 Å². The molecular formula is C20H26FNO2. The van der Waals surface area contributed by atoms with Crippen molar-refractivity contribution in [1.82, 2.24) is 0 Å². The Morgan fingerprint density at radius 3 is 2.42 bits per heavy atom. The number of nitriles is 1. The monoisotopic (exact) mass is 331 g/mol. The van der Waals surface area contributed by atoms with E-state index in [0.29, 0.717) is 30.6 Å². The second-order valence-corrected chi connectivity index (χ2v) is 7.18. The largest absolute Gasteiger partial charge is 0.348 e. The summed E-state index contributed by atoms with van der Waals surface area (Å²) in [4.78, 5) is 0. The minimum atomic E-state index is -0.515. The average Bonchev–Trinajstić information content (AvgIpc) is 2.63. The molecule has 2 fully saturated rings. The molecular weight excluding hydrogens is 305 g/mol. The predicted octanol–water partition coefficient (Wildman–Crippen LogP) is 4.97. The van der Waals surface area contributed by atoms with Crippen LogP contribution in [0, 0.1) is 34.9 Å². The van der Waals surface area contributed by atoms with Crippen molar-refractivity contribution in [3.05, 3.63) is 35.1 Å². The molecule has 1 heterocycles. The molecule has 0 amide bonds. The maximum atomic E-state index is 13.7. The first-order valence-corrected chi connectivity index (χ1v) is 9.14. The summed E-state index contributed by atoms with van der Waals surface area (Å²) in [6, 6.07) is 6.37. The highest BCUT2D eigenvalue weighted by atomic mass is 19.1. The van der Waals surface area contributed by atoms with Crippen LogP contribution in [0.25, 0.3) is 0 Å². The normalized spacial score (nSPS) is 30.7. The summed E-state index contributed by atoms with van der Waals surface area (Å²) in [5, 5.41) is 8.80. The molecule has 0 aromatic heterocycles. The second-order valence-electron chi connectivity index (χ2n) is 7.18. The van der Waals surface area contributed by atoms with E-state index in [9.17, 15) is 4.39 Å². The number of hydrogen-bond acceptors (Lipinski definition) is 3. The fourth-order valence-corrected chi connectivity index (χ4v) is 4.11. The topological polar surface area (TPSA) is 42.2 Å². The minimum Gasteiger partial charge on any atom is -0.348 e.